The summed E-state index contributed by atoms with van der Waals surface area (Å²) in [6.45, 7) is 11.6. The van der Waals surface area contributed by atoms with Gasteiger partial charge in [0.2, 0.25) is 0 Å². The molecule has 6 rings (SSSR count). The fourth-order valence-electron chi connectivity index (χ4n) is 6.97. The maximum absolute atomic E-state index is 14.2. The topological polar surface area (TPSA) is 61.6 Å². The number of hydrogen-bond donors (Lipinski definition) is 1. The molecule has 6 heteroatoms. The Bertz CT molecular complexity index is 1550. The van der Waals surface area contributed by atoms with E-state index in [1.165, 1.54) is 16.7 Å². The molecule has 0 radical (unpaired) electrons. The Balaban J connectivity index is 1.43. The first-order valence-electron chi connectivity index (χ1n) is 15.2. The quantitative estimate of drug-likeness (QED) is 0.305. The third-order valence-corrected chi connectivity index (χ3v) is 8.88. The van der Waals surface area contributed by atoms with Crippen molar-refractivity contribution in [3.05, 3.63) is 93.8 Å². The molecule has 0 bridgehead atoms. The molecular weight excluding hydrogens is 508 g/mol. The van der Waals surface area contributed by atoms with E-state index in [1.807, 2.05) is 0 Å². The van der Waals surface area contributed by atoms with Crippen LogP contribution >= 0.6 is 0 Å². The first kappa shape index (κ1) is 27.7. The third kappa shape index (κ3) is 5.55. The molecule has 214 valence electrons. The summed E-state index contributed by atoms with van der Waals surface area (Å²) in [7, 11) is 0. The van der Waals surface area contributed by atoms with Crippen LogP contribution in [0.5, 0.6) is 0 Å². The number of amides is 1. The zero-order chi connectivity index (χ0) is 28.7. The van der Waals surface area contributed by atoms with E-state index in [0.717, 1.165) is 97.5 Å². The van der Waals surface area contributed by atoms with E-state index >= 15 is 0 Å². The number of aryl methyl sites for hydroxylation is 4. The Morgan fingerprint density at radius 2 is 1.63 bits per heavy atom. The number of piperidine rings is 2. The van der Waals surface area contributed by atoms with Gasteiger partial charge < -0.3 is 10.0 Å². The molecule has 2 fully saturated rings. The van der Waals surface area contributed by atoms with Gasteiger partial charge in [0.05, 0.1) is 23.2 Å². The summed E-state index contributed by atoms with van der Waals surface area (Å²) < 4.78 is 2.27. The zero-order valence-electron chi connectivity index (χ0n) is 24.9. The molecule has 1 aromatic heterocycles. The van der Waals surface area contributed by atoms with Crippen LogP contribution in [0.4, 0.5) is 0 Å². The second kappa shape index (κ2) is 11.4. The molecule has 2 unspecified atom stereocenters. The minimum Gasteiger partial charge on any atom is -0.392 e. The van der Waals surface area contributed by atoms with Crippen LogP contribution in [0.15, 0.2) is 54.6 Å². The van der Waals surface area contributed by atoms with E-state index in [-0.39, 0.29) is 18.1 Å². The number of aliphatic hydroxyl groups excluding tert-OH is 1. The number of likely N-dealkylation sites (tertiary alicyclic amines) is 2. The number of aliphatic hydroxyl groups is 1. The molecule has 3 aromatic carbocycles. The molecule has 1 amide bonds. The van der Waals surface area contributed by atoms with Gasteiger partial charge in [0.15, 0.2) is 0 Å². The number of rotatable bonds is 5. The average molecular weight is 551 g/mol. The normalized spacial score (nSPS) is 20.1. The van der Waals surface area contributed by atoms with Crippen molar-refractivity contribution in [2.45, 2.75) is 78.5 Å². The summed E-state index contributed by atoms with van der Waals surface area (Å²) in [5.41, 5.74) is 9.59. The maximum Gasteiger partial charge on any atom is 0.255 e. The fraction of sp³-hybridized carbons (Fsp3) is 0.429. The summed E-state index contributed by atoms with van der Waals surface area (Å²) in [6, 6.07) is 19.3. The number of β-amino-alcohol motifs (C(OH)–C–C–N with tert-alkyl or cyclic N) is 1. The van der Waals surface area contributed by atoms with E-state index < -0.39 is 0 Å². The van der Waals surface area contributed by atoms with Gasteiger partial charge in [-0.05, 0) is 107 Å². The third-order valence-electron chi connectivity index (χ3n) is 8.88. The largest absolute Gasteiger partial charge is 0.392 e. The van der Waals surface area contributed by atoms with Crippen LogP contribution in [-0.2, 0) is 6.54 Å². The number of hydrogen-bond acceptors (Lipinski definition) is 4. The smallest absolute Gasteiger partial charge is 0.255 e. The second-order valence-corrected chi connectivity index (χ2v) is 12.3. The number of nitrogens with zero attached hydrogens (tertiary/aromatic N) is 4. The SMILES string of the molecule is Cc1ccc(-n2c(C3CCCCN3C(=O)c3c(C)cc(C)cc3C)nc3cc(CN4CCCC(O)C4)ccc32)cc1. The summed E-state index contributed by atoms with van der Waals surface area (Å²) in [6.07, 6.45) is 4.64. The first-order valence-corrected chi connectivity index (χ1v) is 15.2. The Morgan fingerprint density at radius 3 is 2.37 bits per heavy atom. The van der Waals surface area contributed by atoms with E-state index in [0.29, 0.717) is 0 Å². The van der Waals surface area contributed by atoms with Crippen molar-refractivity contribution in [1.82, 2.24) is 19.4 Å². The van der Waals surface area contributed by atoms with Gasteiger partial charge in [-0.1, -0.05) is 41.5 Å². The van der Waals surface area contributed by atoms with E-state index in [4.69, 9.17) is 4.98 Å². The summed E-state index contributed by atoms with van der Waals surface area (Å²) >= 11 is 0. The number of carbonyl (C=O) groups excluding carboxylic acids is 1. The predicted molar refractivity (Wildman–Crippen MR) is 165 cm³/mol. The molecule has 0 spiro atoms. The van der Waals surface area contributed by atoms with Crippen molar-refractivity contribution in [2.75, 3.05) is 19.6 Å². The highest BCUT2D eigenvalue weighted by atomic mass is 16.3. The lowest BCUT2D eigenvalue weighted by molar-refractivity contribution is 0.0596. The first-order chi connectivity index (χ1) is 19.8. The molecule has 1 N–H and O–H groups in total. The highest BCUT2D eigenvalue weighted by Crippen LogP contribution is 2.36. The summed E-state index contributed by atoms with van der Waals surface area (Å²) in [5, 5.41) is 10.2. The predicted octanol–water partition coefficient (Wildman–Crippen LogP) is 6.58. The molecule has 0 saturated carbocycles. The Kier molecular flexibility index (Phi) is 7.71. The molecule has 2 atom stereocenters. The molecule has 4 aromatic rings. The lowest BCUT2D eigenvalue weighted by Gasteiger charge is -2.36. The molecule has 2 aliphatic heterocycles. The Morgan fingerprint density at radius 1 is 0.878 bits per heavy atom. The van der Waals surface area contributed by atoms with Crippen LogP contribution in [0.25, 0.3) is 16.7 Å². The lowest BCUT2D eigenvalue weighted by atomic mass is 9.95. The Hall–Kier alpha value is -3.48. The van der Waals surface area contributed by atoms with Crippen LogP contribution in [0, 0.1) is 27.7 Å². The number of aromatic nitrogens is 2. The second-order valence-electron chi connectivity index (χ2n) is 12.3. The number of imidazole rings is 1. The molecule has 3 heterocycles. The maximum atomic E-state index is 14.2. The van der Waals surface area contributed by atoms with Crippen molar-refractivity contribution in [3.63, 3.8) is 0 Å². The minimum absolute atomic E-state index is 0.106. The van der Waals surface area contributed by atoms with Crippen molar-refractivity contribution in [2.24, 2.45) is 0 Å². The van der Waals surface area contributed by atoms with Gasteiger partial charge >= 0.3 is 0 Å². The lowest BCUT2D eigenvalue weighted by Crippen LogP contribution is -2.40. The standard InChI is InChI=1S/C35H42N4O2/c1-23-10-13-28(14-11-23)39-31-15-12-27(21-37-16-7-8-29(40)22-37)20-30(31)36-34(39)32-9-5-6-17-38(32)35(41)33-25(3)18-24(2)19-26(33)4/h10-15,18-20,29,32,40H,5-9,16-17,21-22H2,1-4H3. The van der Waals surface area contributed by atoms with Crippen molar-refractivity contribution in [3.8, 4) is 5.69 Å². The average Bonchev–Trinajstić information content (AvgIpc) is 3.31. The summed E-state index contributed by atoms with van der Waals surface area (Å²) in [4.78, 5) is 23.9. The molecule has 0 aliphatic carbocycles. The Labute approximate surface area is 243 Å². The van der Waals surface area contributed by atoms with E-state index in [2.05, 4.69) is 96.7 Å². The fourth-order valence-corrected chi connectivity index (χ4v) is 6.97. The van der Waals surface area contributed by atoms with Gasteiger partial charge in [-0.3, -0.25) is 14.3 Å². The zero-order valence-corrected chi connectivity index (χ0v) is 24.9. The number of carbonyl (C=O) groups is 1. The van der Waals surface area contributed by atoms with Gasteiger partial charge in [0, 0.05) is 30.9 Å². The summed E-state index contributed by atoms with van der Waals surface area (Å²) in [5.74, 6) is 1.04. The number of benzene rings is 3. The monoisotopic (exact) mass is 550 g/mol. The molecule has 2 saturated heterocycles. The molecule has 2 aliphatic rings. The van der Waals surface area contributed by atoms with Gasteiger partial charge in [0.1, 0.15) is 5.82 Å². The minimum atomic E-state index is -0.240. The van der Waals surface area contributed by atoms with Crippen molar-refractivity contribution < 1.29 is 9.90 Å². The van der Waals surface area contributed by atoms with Crippen LogP contribution in [-0.4, -0.2) is 56.1 Å². The van der Waals surface area contributed by atoms with Crippen LogP contribution in [0.2, 0.25) is 0 Å². The van der Waals surface area contributed by atoms with Crippen molar-refractivity contribution in [1.29, 1.82) is 0 Å². The van der Waals surface area contributed by atoms with Crippen LogP contribution in [0.1, 0.15) is 82.1 Å². The molecule has 41 heavy (non-hydrogen) atoms. The highest BCUT2D eigenvalue weighted by Gasteiger charge is 2.34. The van der Waals surface area contributed by atoms with Gasteiger partial charge in [-0.2, -0.15) is 0 Å². The van der Waals surface area contributed by atoms with E-state index in [1.54, 1.807) is 0 Å². The van der Waals surface area contributed by atoms with Crippen LogP contribution < -0.4 is 0 Å². The van der Waals surface area contributed by atoms with Crippen molar-refractivity contribution >= 4 is 16.9 Å². The van der Waals surface area contributed by atoms with E-state index in [9.17, 15) is 9.90 Å². The van der Waals surface area contributed by atoms with Gasteiger partial charge in [-0.25, -0.2) is 4.98 Å². The van der Waals surface area contributed by atoms with Gasteiger partial charge in [-0.15, -0.1) is 0 Å². The molecular formula is C35H42N4O2. The molecule has 6 nitrogen and oxygen atoms in total. The van der Waals surface area contributed by atoms with Gasteiger partial charge in [0.25, 0.3) is 5.91 Å². The van der Waals surface area contributed by atoms with Crippen LogP contribution in [0.3, 0.4) is 0 Å². The highest BCUT2D eigenvalue weighted by molar-refractivity contribution is 5.97. The number of fused-ring (bicyclic) bond motifs is 1.